The number of hydrogen-bond donors (Lipinski definition) is 2. The van der Waals surface area contributed by atoms with Crippen molar-refractivity contribution in [2.75, 3.05) is 20.3 Å². The summed E-state index contributed by atoms with van der Waals surface area (Å²) in [4.78, 5) is 23.6. The van der Waals surface area contributed by atoms with Gasteiger partial charge in [0.25, 0.3) is 0 Å². The van der Waals surface area contributed by atoms with Crippen LogP contribution in [0.4, 0.5) is 0 Å². The molecule has 2 aromatic carbocycles. The van der Waals surface area contributed by atoms with Gasteiger partial charge in [0, 0.05) is 6.54 Å². The first kappa shape index (κ1) is 21.0. The van der Waals surface area contributed by atoms with E-state index in [1.54, 1.807) is 25.3 Å². The van der Waals surface area contributed by atoms with Crippen LogP contribution in [-0.4, -0.2) is 38.3 Å². The van der Waals surface area contributed by atoms with Gasteiger partial charge in [0.2, 0.25) is 0 Å². The number of hydrazone groups is 1. The molecule has 0 aromatic heterocycles. The number of hydrogen-bond acceptors (Lipinski definition) is 5. The molecule has 0 aliphatic carbocycles. The van der Waals surface area contributed by atoms with Crippen molar-refractivity contribution >= 4 is 18.0 Å². The van der Waals surface area contributed by atoms with Crippen LogP contribution in [0.5, 0.6) is 11.5 Å². The fourth-order valence-electron chi connectivity index (χ4n) is 2.36. The van der Waals surface area contributed by atoms with E-state index in [0.717, 1.165) is 12.0 Å². The predicted molar refractivity (Wildman–Crippen MR) is 108 cm³/mol. The molecule has 0 fully saturated rings. The summed E-state index contributed by atoms with van der Waals surface area (Å²) >= 11 is 0. The maximum atomic E-state index is 11.8. The van der Waals surface area contributed by atoms with Gasteiger partial charge in [0.15, 0.2) is 11.5 Å². The Kier molecular flexibility index (Phi) is 8.52. The molecule has 0 radical (unpaired) electrons. The SMILES string of the molecule is CCCOc1ccc(/C=N\NC(=O)C(=O)NCCc2ccccc2)cc1OC. The van der Waals surface area contributed by atoms with Gasteiger partial charge in [0.1, 0.15) is 0 Å². The second-order valence-electron chi connectivity index (χ2n) is 5.95. The Morgan fingerprint density at radius 2 is 1.86 bits per heavy atom. The van der Waals surface area contributed by atoms with Crippen molar-refractivity contribution in [3.63, 3.8) is 0 Å². The molecular weight excluding hydrogens is 358 g/mol. The van der Waals surface area contributed by atoms with Gasteiger partial charge in [-0.2, -0.15) is 5.10 Å². The van der Waals surface area contributed by atoms with E-state index in [1.807, 2.05) is 37.3 Å². The average Bonchev–Trinajstić information content (AvgIpc) is 2.73. The molecule has 2 aromatic rings. The molecule has 0 heterocycles. The zero-order valence-corrected chi connectivity index (χ0v) is 16.1. The maximum Gasteiger partial charge on any atom is 0.329 e. The van der Waals surface area contributed by atoms with Crippen molar-refractivity contribution in [3.05, 3.63) is 59.7 Å². The average molecular weight is 383 g/mol. The first-order valence-corrected chi connectivity index (χ1v) is 9.10. The smallest absolute Gasteiger partial charge is 0.329 e. The Hall–Kier alpha value is -3.35. The third-order valence-corrected chi connectivity index (χ3v) is 3.78. The number of carbonyl (C=O) groups excluding carboxylic acids is 2. The lowest BCUT2D eigenvalue weighted by atomic mass is 10.1. The summed E-state index contributed by atoms with van der Waals surface area (Å²) < 4.78 is 10.9. The van der Waals surface area contributed by atoms with Gasteiger partial charge < -0.3 is 14.8 Å². The zero-order valence-electron chi connectivity index (χ0n) is 16.1. The fourth-order valence-corrected chi connectivity index (χ4v) is 2.36. The zero-order chi connectivity index (χ0) is 20.2. The molecule has 7 heteroatoms. The van der Waals surface area contributed by atoms with Gasteiger partial charge >= 0.3 is 11.8 Å². The third-order valence-electron chi connectivity index (χ3n) is 3.78. The highest BCUT2D eigenvalue weighted by atomic mass is 16.5. The van der Waals surface area contributed by atoms with Gasteiger partial charge in [-0.1, -0.05) is 37.3 Å². The maximum absolute atomic E-state index is 11.8. The number of ether oxygens (including phenoxy) is 2. The number of carbonyl (C=O) groups is 2. The summed E-state index contributed by atoms with van der Waals surface area (Å²) in [7, 11) is 1.55. The van der Waals surface area contributed by atoms with E-state index < -0.39 is 11.8 Å². The molecular formula is C21H25N3O4. The van der Waals surface area contributed by atoms with Crippen LogP contribution in [0.3, 0.4) is 0 Å². The van der Waals surface area contributed by atoms with Crippen molar-refractivity contribution in [2.24, 2.45) is 5.10 Å². The summed E-state index contributed by atoms with van der Waals surface area (Å²) in [6.45, 7) is 2.99. The minimum Gasteiger partial charge on any atom is -0.493 e. The number of benzene rings is 2. The number of nitrogens with zero attached hydrogens (tertiary/aromatic N) is 1. The highest BCUT2D eigenvalue weighted by Gasteiger charge is 2.11. The van der Waals surface area contributed by atoms with Crippen LogP contribution >= 0.6 is 0 Å². The summed E-state index contributed by atoms with van der Waals surface area (Å²) in [5, 5.41) is 6.38. The van der Waals surface area contributed by atoms with E-state index in [9.17, 15) is 9.59 Å². The van der Waals surface area contributed by atoms with Crippen LogP contribution in [0.1, 0.15) is 24.5 Å². The van der Waals surface area contributed by atoms with Gasteiger partial charge in [-0.25, -0.2) is 5.43 Å². The molecule has 0 aliphatic rings. The first-order chi connectivity index (χ1) is 13.6. The van der Waals surface area contributed by atoms with Gasteiger partial charge in [-0.3, -0.25) is 9.59 Å². The lowest BCUT2D eigenvalue weighted by Crippen LogP contribution is -2.38. The second-order valence-corrected chi connectivity index (χ2v) is 5.95. The molecule has 2 rings (SSSR count). The van der Waals surface area contributed by atoms with E-state index in [4.69, 9.17) is 9.47 Å². The summed E-state index contributed by atoms with van der Waals surface area (Å²) in [5.74, 6) is -0.334. The molecule has 7 nitrogen and oxygen atoms in total. The summed E-state index contributed by atoms with van der Waals surface area (Å²) in [5.41, 5.74) is 4.00. The Bertz CT molecular complexity index is 807. The Morgan fingerprint density at radius 3 is 2.57 bits per heavy atom. The number of rotatable bonds is 9. The van der Waals surface area contributed by atoms with E-state index >= 15 is 0 Å². The molecule has 148 valence electrons. The molecule has 2 amide bonds. The van der Waals surface area contributed by atoms with Gasteiger partial charge in [-0.05, 0) is 42.2 Å². The molecule has 0 saturated heterocycles. The molecule has 28 heavy (non-hydrogen) atoms. The Morgan fingerprint density at radius 1 is 1.07 bits per heavy atom. The standard InChI is InChI=1S/C21H25N3O4/c1-3-13-28-18-10-9-17(14-19(18)27-2)15-23-24-21(26)20(25)22-12-11-16-7-5-4-6-8-16/h4-10,14-15H,3,11-13H2,1-2H3,(H,22,25)(H,24,26)/b23-15-. The van der Waals surface area contributed by atoms with Crippen molar-refractivity contribution in [1.82, 2.24) is 10.7 Å². The van der Waals surface area contributed by atoms with E-state index in [-0.39, 0.29) is 0 Å². The van der Waals surface area contributed by atoms with Crippen LogP contribution < -0.4 is 20.2 Å². The van der Waals surface area contributed by atoms with E-state index in [2.05, 4.69) is 15.8 Å². The molecule has 2 N–H and O–H groups in total. The molecule has 0 spiro atoms. The lowest BCUT2D eigenvalue weighted by molar-refractivity contribution is -0.139. The normalized spacial score (nSPS) is 10.5. The molecule has 0 saturated carbocycles. The van der Waals surface area contributed by atoms with E-state index in [0.29, 0.717) is 36.6 Å². The minimum absolute atomic E-state index is 0.371. The number of methoxy groups -OCH3 is 1. The highest BCUT2D eigenvalue weighted by Crippen LogP contribution is 2.27. The Balaban J connectivity index is 1.80. The van der Waals surface area contributed by atoms with Crippen LogP contribution in [-0.2, 0) is 16.0 Å². The predicted octanol–water partition coefficient (Wildman–Crippen LogP) is 2.29. The van der Waals surface area contributed by atoms with Gasteiger partial charge in [0.05, 0.1) is 19.9 Å². The van der Waals surface area contributed by atoms with Crippen LogP contribution in [0.15, 0.2) is 53.6 Å². The fraction of sp³-hybridized carbons (Fsp3) is 0.286. The monoisotopic (exact) mass is 383 g/mol. The van der Waals surface area contributed by atoms with Gasteiger partial charge in [-0.15, -0.1) is 0 Å². The summed E-state index contributed by atoms with van der Waals surface area (Å²) in [6, 6.07) is 15.0. The quantitative estimate of drug-likeness (QED) is 0.395. The summed E-state index contributed by atoms with van der Waals surface area (Å²) in [6.07, 6.45) is 2.97. The first-order valence-electron chi connectivity index (χ1n) is 9.10. The van der Waals surface area contributed by atoms with Crippen molar-refractivity contribution < 1.29 is 19.1 Å². The van der Waals surface area contributed by atoms with Crippen LogP contribution in [0, 0.1) is 0 Å². The van der Waals surface area contributed by atoms with Crippen molar-refractivity contribution in [2.45, 2.75) is 19.8 Å². The van der Waals surface area contributed by atoms with Crippen LogP contribution in [0.25, 0.3) is 0 Å². The lowest BCUT2D eigenvalue weighted by Gasteiger charge is -2.10. The highest BCUT2D eigenvalue weighted by molar-refractivity contribution is 6.35. The van der Waals surface area contributed by atoms with Crippen molar-refractivity contribution in [3.8, 4) is 11.5 Å². The molecule has 0 atom stereocenters. The van der Waals surface area contributed by atoms with Crippen LogP contribution in [0.2, 0.25) is 0 Å². The van der Waals surface area contributed by atoms with E-state index in [1.165, 1.54) is 6.21 Å². The Labute approximate surface area is 164 Å². The third kappa shape index (κ3) is 6.75. The number of amides is 2. The molecule has 0 bridgehead atoms. The second kappa shape index (κ2) is 11.4. The molecule has 0 unspecified atom stereocenters. The topological polar surface area (TPSA) is 89.0 Å². The number of nitrogens with one attached hydrogen (secondary N) is 2. The van der Waals surface area contributed by atoms with Crippen molar-refractivity contribution in [1.29, 1.82) is 0 Å². The largest absolute Gasteiger partial charge is 0.493 e. The minimum atomic E-state index is -0.820. The molecule has 0 aliphatic heterocycles.